The number of hydrogen-bond acceptors (Lipinski definition) is 5. The van der Waals surface area contributed by atoms with Crippen LogP contribution in [0.4, 0.5) is 10.5 Å². The highest BCUT2D eigenvalue weighted by Crippen LogP contribution is 2.25. The van der Waals surface area contributed by atoms with E-state index in [0.29, 0.717) is 22.7 Å². The number of rotatable bonds is 7. The first-order chi connectivity index (χ1) is 12.1. The lowest BCUT2D eigenvalue weighted by Gasteiger charge is -2.15. The summed E-state index contributed by atoms with van der Waals surface area (Å²) in [5, 5.41) is 23.9. The van der Waals surface area contributed by atoms with Gasteiger partial charge in [-0.2, -0.15) is 5.26 Å². The summed E-state index contributed by atoms with van der Waals surface area (Å²) in [4.78, 5) is 11.9. The number of nitrogens with zero attached hydrogens (tertiary/aromatic N) is 1. The Balaban J connectivity index is 1.81. The van der Waals surface area contributed by atoms with Gasteiger partial charge in [-0.05, 0) is 30.3 Å². The molecule has 7 heteroatoms. The van der Waals surface area contributed by atoms with Gasteiger partial charge in [0.25, 0.3) is 0 Å². The molecular formula is C18H19N3O4. The van der Waals surface area contributed by atoms with Crippen LogP contribution in [0.3, 0.4) is 0 Å². The van der Waals surface area contributed by atoms with Gasteiger partial charge < -0.3 is 25.2 Å². The number of carbonyl (C=O) groups is 1. The Kier molecular flexibility index (Phi) is 6.63. The van der Waals surface area contributed by atoms with Crippen molar-refractivity contribution in [1.82, 2.24) is 5.32 Å². The number of aliphatic hydroxyl groups excluding tert-OH is 1. The Labute approximate surface area is 145 Å². The molecule has 25 heavy (non-hydrogen) atoms. The van der Waals surface area contributed by atoms with Crippen LogP contribution in [0.1, 0.15) is 5.56 Å². The smallest absolute Gasteiger partial charge is 0.319 e. The molecule has 0 unspecified atom stereocenters. The van der Waals surface area contributed by atoms with Gasteiger partial charge in [-0.15, -0.1) is 0 Å². The third-order valence-electron chi connectivity index (χ3n) is 3.26. The van der Waals surface area contributed by atoms with E-state index in [-0.39, 0.29) is 13.2 Å². The van der Waals surface area contributed by atoms with Crippen LogP contribution in [-0.2, 0) is 0 Å². The van der Waals surface area contributed by atoms with E-state index >= 15 is 0 Å². The van der Waals surface area contributed by atoms with E-state index in [9.17, 15) is 9.90 Å². The molecule has 0 aliphatic carbocycles. The molecule has 0 heterocycles. The number of anilines is 1. The lowest BCUT2D eigenvalue weighted by Crippen LogP contribution is -2.37. The van der Waals surface area contributed by atoms with Crippen molar-refractivity contribution in [2.24, 2.45) is 0 Å². The Bertz CT molecular complexity index is 744. The van der Waals surface area contributed by atoms with Crippen LogP contribution in [-0.4, -0.2) is 37.5 Å². The molecule has 0 aliphatic heterocycles. The molecule has 2 rings (SSSR count). The van der Waals surface area contributed by atoms with Crippen LogP contribution >= 0.6 is 0 Å². The van der Waals surface area contributed by atoms with E-state index in [4.69, 9.17) is 14.7 Å². The number of carbonyl (C=O) groups excluding carboxylic acids is 1. The number of urea groups is 1. The van der Waals surface area contributed by atoms with E-state index in [1.807, 2.05) is 24.3 Å². The number of methoxy groups -OCH3 is 1. The summed E-state index contributed by atoms with van der Waals surface area (Å²) in [5.41, 5.74) is 0.765. The van der Waals surface area contributed by atoms with Crippen LogP contribution in [0.25, 0.3) is 0 Å². The maximum absolute atomic E-state index is 11.9. The number of ether oxygens (including phenoxy) is 2. The molecule has 0 saturated carbocycles. The summed E-state index contributed by atoms with van der Waals surface area (Å²) in [6.45, 7) is 0.0659. The lowest BCUT2D eigenvalue weighted by molar-refractivity contribution is 0.108. The summed E-state index contributed by atoms with van der Waals surface area (Å²) in [6, 6.07) is 15.2. The van der Waals surface area contributed by atoms with Crippen LogP contribution in [0, 0.1) is 11.3 Å². The first kappa shape index (κ1) is 18.1. The molecule has 0 radical (unpaired) electrons. The van der Waals surface area contributed by atoms with E-state index in [1.165, 1.54) is 13.2 Å². The van der Waals surface area contributed by atoms with Gasteiger partial charge in [0.15, 0.2) is 0 Å². The van der Waals surface area contributed by atoms with E-state index in [2.05, 4.69) is 10.6 Å². The molecule has 0 bridgehead atoms. The first-order valence-corrected chi connectivity index (χ1v) is 7.61. The third kappa shape index (κ3) is 5.71. The zero-order valence-corrected chi connectivity index (χ0v) is 13.7. The molecular weight excluding hydrogens is 322 g/mol. The third-order valence-corrected chi connectivity index (χ3v) is 3.26. The second kappa shape index (κ2) is 9.15. The molecule has 130 valence electrons. The van der Waals surface area contributed by atoms with Crippen molar-refractivity contribution in [3.63, 3.8) is 0 Å². The van der Waals surface area contributed by atoms with Crippen molar-refractivity contribution in [3.8, 4) is 17.6 Å². The summed E-state index contributed by atoms with van der Waals surface area (Å²) in [6.07, 6.45) is -0.863. The molecule has 2 amide bonds. The lowest BCUT2D eigenvalue weighted by atomic mass is 10.2. The molecule has 7 nitrogen and oxygen atoms in total. The van der Waals surface area contributed by atoms with Gasteiger partial charge in [0, 0.05) is 6.54 Å². The highest BCUT2D eigenvalue weighted by Gasteiger charge is 2.11. The predicted octanol–water partition coefficient (Wildman–Crippen LogP) is 2.13. The fourth-order valence-electron chi connectivity index (χ4n) is 2.02. The van der Waals surface area contributed by atoms with Crippen molar-refractivity contribution < 1.29 is 19.4 Å². The number of hydrogen-bond donors (Lipinski definition) is 3. The van der Waals surface area contributed by atoms with Crippen molar-refractivity contribution >= 4 is 11.7 Å². The van der Waals surface area contributed by atoms with Crippen LogP contribution in [0.2, 0.25) is 0 Å². The zero-order valence-electron chi connectivity index (χ0n) is 13.7. The average molecular weight is 341 g/mol. The number of aliphatic hydroxyl groups is 1. The molecule has 0 aliphatic rings. The second-order valence-corrected chi connectivity index (χ2v) is 5.14. The quantitative estimate of drug-likeness (QED) is 0.716. The number of nitriles is 1. The molecule has 2 aromatic carbocycles. The summed E-state index contributed by atoms with van der Waals surface area (Å²) >= 11 is 0. The normalized spacial score (nSPS) is 11.1. The topological polar surface area (TPSA) is 104 Å². The summed E-state index contributed by atoms with van der Waals surface area (Å²) in [5.74, 6) is 1.08. The Hall–Kier alpha value is -3.24. The molecule has 0 saturated heterocycles. The van der Waals surface area contributed by atoms with Crippen molar-refractivity contribution in [2.75, 3.05) is 25.6 Å². The van der Waals surface area contributed by atoms with Crippen LogP contribution in [0.5, 0.6) is 11.5 Å². The minimum Gasteiger partial charge on any atom is -0.495 e. The van der Waals surface area contributed by atoms with E-state index in [1.54, 1.807) is 24.3 Å². The van der Waals surface area contributed by atoms with Gasteiger partial charge in [0.05, 0.1) is 24.4 Å². The fourth-order valence-corrected chi connectivity index (χ4v) is 2.02. The highest BCUT2D eigenvalue weighted by molar-refractivity contribution is 5.91. The van der Waals surface area contributed by atoms with Crippen molar-refractivity contribution in [1.29, 1.82) is 5.26 Å². The molecule has 0 fully saturated rings. The van der Waals surface area contributed by atoms with Gasteiger partial charge in [0.1, 0.15) is 24.2 Å². The van der Waals surface area contributed by atoms with Gasteiger partial charge in [-0.1, -0.05) is 18.2 Å². The largest absolute Gasteiger partial charge is 0.495 e. The van der Waals surface area contributed by atoms with Gasteiger partial charge in [-0.25, -0.2) is 4.79 Å². The maximum Gasteiger partial charge on any atom is 0.319 e. The summed E-state index contributed by atoms with van der Waals surface area (Å²) < 4.78 is 10.5. The summed E-state index contributed by atoms with van der Waals surface area (Å²) in [7, 11) is 1.47. The number of benzene rings is 2. The number of amides is 2. The number of nitrogens with one attached hydrogen (secondary N) is 2. The maximum atomic E-state index is 11.9. The standard InChI is InChI=1S/C18H19N3O4/c1-24-17-8-7-13(10-19)9-16(17)21-18(23)20-11-14(22)12-25-15-5-3-2-4-6-15/h2-9,14,22H,11-12H2,1H3,(H2,20,21,23)/t14-/m1/s1. The highest BCUT2D eigenvalue weighted by atomic mass is 16.5. The van der Waals surface area contributed by atoms with Crippen molar-refractivity contribution in [3.05, 3.63) is 54.1 Å². The van der Waals surface area contributed by atoms with Gasteiger partial charge in [-0.3, -0.25) is 0 Å². The molecule has 0 aromatic heterocycles. The Morgan fingerprint density at radius 3 is 2.72 bits per heavy atom. The SMILES string of the molecule is COc1ccc(C#N)cc1NC(=O)NC[C@@H](O)COc1ccccc1. The minimum absolute atomic E-state index is 0.0128. The minimum atomic E-state index is -0.863. The van der Waals surface area contributed by atoms with Crippen molar-refractivity contribution in [2.45, 2.75) is 6.10 Å². The Morgan fingerprint density at radius 2 is 2.04 bits per heavy atom. The fraction of sp³-hybridized carbons (Fsp3) is 0.222. The van der Waals surface area contributed by atoms with E-state index in [0.717, 1.165) is 0 Å². The zero-order chi connectivity index (χ0) is 18.1. The Morgan fingerprint density at radius 1 is 1.28 bits per heavy atom. The van der Waals surface area contributed by atoms with Crippen LogP contribution in [0.15, 0.2) is 48.5 Å². The first-order valence-electron chi connectivity index (χ1n) is 7.61. The molecule has 3 N–H and O–H groups in total. The molecule has 0 spiro atoms. The second-order valence-electron chi connectivity index (χ2n) is 5.14. The molecule has 2 aromatic rings. The van der Waals surface area contributed by atoms with E-state index < -0.39 is 12.1 Å². The average Bonchev–Trinajstić information content (AvgIpc) is 2.65. The monoisotopic (exact) mass is 341 g/mol. The number of para-hydroxylation sites is 1. The van der Waals surface area contributed by atoms with Gasteiger partial charge >= 0.3 is 6.03 Å². The van der Waals surface area contributed by atoms with Crippen LogP contribution < -0.4 is 20.1 Å². The molecule has 1 atom stereocenters. The predicted molar refractivity (Wildman–Crippen MR) is 92.7 cm³/mol. The van der Waals surface area contributed by atoms with Gasteiger partial charge in [0.2, 0.25) is 0 Å².